The fourth-order valence-corrected chi connectivity index (χ4v) is 4.99. The number of amides is 1. The summed E-state index contributed by atoms with van der Waals surface area (Å²) in [5.41, 5.74) is 5.58. The van der Waals surface area contributed by atoms with Crippen LogP contribution in [0.3, 0.4) is 0 Å². The number of aryl methyl sites for hydroxylation is 1. The minimum Gasteiger partial charge on any atom is -0.748 e. The first-order valence-electron chi connectivity index (χ1n) is 14.9. The van der Waals surface area contributed by atoms with Gasteiger partial charge in [0.15, 0.2) is 5.91 Å². The molecule has 10 heteroatoms. The molecule has 244 valence electrons. The minimum absolute atomic E-state index is 0. The van der Waals surface area contributed by atoms with Crippen LogP contribution in [0.25, 0.3) is 22.2 Å². The molecule has 9 nitrogen and oxygen atoms in total. The molecule has 0 atom stereocenters. The molecule has 4 aromatic carbocycles. The van der Waals surface area contributed by atoms with Crippen molar-refractivity contribution in [2.75, 3.05) is 50.2 Å². The molecule has 6 rings (SSSR count). The second kappa shape index (κ2) is 16.4. The number of hydrogen-bond acceptors (Lipinski definition) is 7. The second-order valence-corrected chi connectivity index (χ2v) is 10.8. The van der Waals surface area contributed by atoms with Gasteiger partial charge in [-0.2, -0.15) is 12.1 Å². The maximum absolute atomic E-state index is 13.0. The van der Waals surface area contributed by atoms with Gasteiger partial charge in [0, 0.05) is 65.6 Å². The van der Waals surface area contributed by atoms with Crippen LogP contribution in [0.4, 0.5) is 23.0 Å². The van der Waals surface area contributed by atoms with Crippen LogP contribution in [-0.2, 0) is 24.1 Å². The molecule has 2 heterocycles. The molecule has 2 aromatic heterocycles. The molecule has 0 saturated carbocycles. The summed E-state index contributed by atoms with van der Waals surface area (Å²) >= 11 is 0. The zero-order chi connectivity index (χ0) is 31.6. The Bertz CT molecular complexity index is 1790. The van der Waals surface area contributed by atoms with Crippen molar-refractivity contribution in [1.29, 1.82) is 0 Å². The van der Waals surface area contributed by atoms with Gasteiger partial charge in [-0.15, -0.1) is 0 Å². The Labute approximate surface area is 280 Å². The van der Waals surface area contributed by atoms with E-state index in [9.17, 15) is 4.79 Å². The van der Waals surface area contributed by atoms with Crippen molar-refractivity contribution in [3.8, 4) is 17.0 Å². The van der Waals surface area contributed by atoms with Crippen LogP contribution < -0.4 is 20.7 Å². The number of methoxy groups -OCH3 is 1. The van der Waals surface area contributed by atoms with Crippen LogP contribution in [-0.4, -0.2) is 59.6 Å². The van der Waals surface area contributed by atoms with Crippen molar-refractivity contribution in [2.45, 2.75) is 6.42 Å². The van der Waals surface area contributed by atoms with E-state index in [2.05, 4.69) is 48.7 Å². The molecule has 6 aromatic rings. The van der Waals surface area contributed by atoms with Crippen molar-refractivity contribution in [3.63, 3.8) is 0 Å². The van der Waals surface area contributed by atoms with E-state index >= 15 is 0 Å². The SMILES string of the molecule is COc1cc(NCCCN(C)C)c(NC(=O)[c-]2cccc2)cc1Nc1nccc(-c2cn(C)c3ccccc23)n1.[Fe].[cH-]1[cH-][cH-][cH-][cH-]1. The number of nitrogens with zero attached hydrogens (tertiary/aromatic N) is 4. The van der Waals surface area contributed by atoms with Crippen molar-refractivity contribution in [3.05, 3.63) is 115 Å². The van der Waals surface area contributed by atoms with Gasteiger partial charge >= 0.3 is 0 Å². The molecule has 0 aliphatic carbocycles. The first-order chi connectivity index (χ1) is 21.9. The number of para-hydroxylation sites is 1. The number of hydrogen-bond donors (Lipinski definition) is 3. The maximum Gasteiger partial charge on any atom is 0.227 e. The Hall–Kier alpha value is -4.89. The number of carbonyl (C=O) groups excluding carboxylic acids is 1. The van der Waals surface area contributed by atoms with Gasteiger partial charge in [-0.05, 0) is 45.3 Å². The molecule has 3 N–H and O–H groups in total. The Morgan fingerprint density at radius 1 is 0.978 bits per heavy atom. The van der Waals surface area contributed by atoms with E-state index < -0.39 is 0 Å². The fraction of sp³-hybridized carbons (Fsp3) is 0.194. The number of aromatic nitrogens is 3. The third kappa shape index (κ3) is 8.63. The number of ether oxygens (including phenoxy) is 1. The summed E-state index contributed by atoms with van der Waals surface area (Å²) in [6, 6.07) is 31.1. The van der Waals surface area contributed by atoms with Gasteiger partial charge < -0.3 is 60.5 Å². The van der Waals surface area contributed by atoms with Gasteiger partial charge in [0.05, 0.1) is 29.9 Å². The van der Waals surface area contributed by atoms with Crippen LogP contribution >= 0.6 is 0 Å². The van der Waals surface area contributed by atoms with E-state index in [1.54, 1.807) is 25.4 Å². The number of benzene rings is 2. The Morgan fingerprint density at radius 2 is 1.70 bits per heavy atom. The van der Waals surface area contributed by atoms with Gasteiger partial charge in [-0.25, -0.2) is 22.1 Å². The van der Waals surface area contributed by atoms with E-state index in [4.69, 9.17) is 9.72 Å². The molecule has 0 radical (unpaired) electrons. The molecule has 0 saturated heterocycles. The van der Waals surface area contributed by atoms with Crippen LogP contribution in [0.2, 0.25) is 0 Å². The van der Waals surface area contributed by atoms with E-state index in [0.717, 1.165) is 47.4 Å². The van der Waals surface area contributed by atoms with Gasteiger partial charge in [-0.3, -0.25) is 4.79 Å². The normalized spacial score (nSPS) is 10.5. The maximum atomic E-state index is 13.0. The van der Waals surface area contributed by atoms with Crippen molar-refractivity contribution in [1.82, 2.24) is 19.4 Å². The molecule has 0 aliphatic heterocycles. The first-order valence-corrected chi connectivity index (χ1v) is 14.9. The van der Waals surface area contributed by atoms with E-state index in [1.807, 2.05) is 93.9 Å². The molecule has 0 bridgehead atoms. The topological polar surface area (TPSA) is 96.3 Å². The Kier molecular flexibility index (Phi) is 12.1. The molecular formula is C36H39FeN7O2-6. The summed E-state index contributed by atoms with van der Waals surface area (Å²) in [6.07, 6.45) is 4.75. The molecule has 0 spiro atoms. The molecule has 46 heavy (non-hydrogen) atoms. The van der Waals surface area contributed by atoms with E-state index in [-0.39, 0.29) is 23.0 Å². The predicted molar refractivity (Wildman–Crippen MR) is 184 cm³/mol. The third-order valence-corrected chi connectivity index (χ3v) is 7.24. The summed E-state index contributed by atoms with van der Waals surface area (Å²) in [4.78, 5) is 24.4. The molecule has 0 unspecified atom stereocenters. The van der Waals surface area contributed by atoms with Gasteiger partial charge in [0.2, 0.25) is 5.95 Å². The van der Waals surface area contributed by atoms with Gasteiger partial charge in [0.25, 0.3) is 0 Å². The molecular weight excluding hydrogens is 618 g/mol. The van der Waals surface area contributed by atoms with Crippen LogP contribution in [0.1, 0.15) is 16.8 Å². The largest absolute Gasteiger partial charge is 0.748 e. The Balaban J connectivity index is 0.000000731. The smallest absolute Gasteiger partial charge is 0.227 e. The van der Waals surface area contributed by atoms with Crippen molar-refractivity contribution in [2.24, 2.45) is 7.05 Å². The summed E-state index contributed by atoms with van der Waals surface area (Å²) in [7, 11) is 7.74. The summed E-state index contributed by atoms with van der Waals surface area (Å²) in [5, 5.41) is 10.9. The minimum atomic E-state index is -0.188. The zero-order valence-electron chi connectivity index (χ0n) is 26.5. The second-order valence-electron chi connectivity index (χ2n) is 10.8. The van der Waals surface area contributed by atoms with Crippen LogP contribution in [0, 0.1) is 0 Å². The zero-order valence-corrected chi connectivity index (χ0v) is 27.6. The van der Waals surface area contributed by atoms with Crippen molar-refractivity contribution < 1.29 is 26.6 Å². The average molecular weight is 658 g/mol. The monoisotopic (exact) mass is 657 g/mol. The van der Waals surface area contributed by atoms with Crippen LogP contribution in [0.5, 0.6) is 5.75 Å². The first kappa shape index (κ1) is 34.0. The summed E-state index contributed by atoms with van der Waals surface area (Å²) in [6.45, 7) is 1.69. The standard InChI is InChI=1S/C31H34N7O2.C5H5.Fe/c1-37(2)17-9-15-32-25-19-29(40-4)27(18-26(25)34-30(39)21-10-5-6-11-21)36-31-33-16-14-24(35-31)23-20-38(3)28-13-8-7-12-22(23)28;1-2-4-5-3-1;/h5-8,10-14,16,18-20,32H,9,15,17H2,1-4H3,(H,34,39)(H,33,35,36);1-5H;/q-1;-5;. The van der Waals surface area contributed by atoms with Gasteiger partial charge in [-0.1, -0.05) is 23.8 Å². The van der Waals surface area contributed by atoms with E-state index in [0.29, 0.717) is 28.6 Å². The predicted octanol–water partition coefficient (Wildman–Crippen LogP) is 7.13. The number of rotatable bonds is 11. The Morgan fingerprint density at radius 3 is 2.39 bits per heavy atom. The molecule has 1 amide bonds. The number of nitrogens with one attached hydrogen (secondary N) is 3. The number of anilines is 4. The third-order valence-electron chi connectivity index (χ3n) is 7.24. The molecule has 0 fully saturated rings. The molecule has 0 aliphatic rings. The number of carbonyl (C=O) groups is 1. The van der Waals surface area contributed by atoms with Gasteiger partial charge in [0.1, 0.15) is 5.75 Å². The average Bonchev–Trinajstić information content (AvgIpc) is 3.85. The van der Waals surface area contributed by atoms with E-state index in [1.165, 1.54) is 0 Å². The fourth-order valence-electron chi connectivity index (χ4n) is 4.99. The number of fused-ring (bicyclic) bond motifs is 1. The quantitative estimate of drug-likeness (QED) is 0.0776. The summed E-state index contributed by atoms with van der Waals surface area (Å²) in [5.74, 6) is 0.830. The van der Waals surface area contributed by atoms with Crippen LogP contribution in [0.15, 0.2) is 109 Å². The summed E-state index contributed by atoms with van der Waals surface area (Å²) < 4.78 is 7.82. The van der Waals surface area contributed by atoms with Crippen molar-refractivity contribution >= 4 is 39.8 Å².